The van der Waals surface area contributed by atoms with Gasteiger partial charge in [0.2, 0.25) is 0 Å². The maximum atomic E-state index is 13.4. The number of urea groups is 2. The van der Waals surface area contributed by atoms with E-state index in [4.69, 9.17) is 0 Å². The van der Waals surface area contributed by atoms with Gasteiger partial charge in [0.15, 0.2) is 0 Å². The van der Waals surface area contributed by atoms with Crippen LogP contribution in [-0.4, -0.2) is 36.4 Å². The van der Waals surface area contributed by atoms with Gasteiger partial charge in [-0.3, -0.25) is 4.90 Å². The van der Waals surface area contributed by atoms with Gasteiger partial charge >= 0.3 is 18.4 Å². The molecule has 1 aliphatic heterocycles. The maximum absolute atomic E-state index is 13.4. The molecule has 0 aliphatic carbocycles. The molecule has 1 fully saturated rings. The predicted octanol–water partition coefficient (Wildman–Crippen LogP) is 6.05. The number of nitrogens with zero attached hydrogens (tertiary/aromatic N) is 2. The summed E-state index contributed by atoms with van der Waals surface area (Å²) in [6.45, 7) is 3.46. The number of nitrogens with one attached hydrogen (secondary N) is 2. The monoisotopic (exact) mass is 512 g/mol. The van der Waals surface area contributed by atoms with Crippen molar-refractivity contribution in [1.29, 1.82) is 0 Å². The molecular formula is C27H27F3N4O3. The zero-order valence-electron chi connectivity index (χ0n) is 20.2. The molecular weight excluding hydrogens is 485 g/mol. The van der Waals surface area contributed by atoms with E-state index in [9.17, 15) is 22.8 Å². The third-order valence-electron chi connectivity index (χ3n) is 5.83. The number of ether oxygens (including phenoxy) is 1. The summed E-state index contributed by atoms with van der Waals surface area (Å²) in [5, 5.41) is 5.68. The first-order chi connectivity index (χ1) is 17.7. The molecule has 3 aromatic carbocycles. The Morgan fingerprint density at radius 3 is 2.41 bits per heavy atom. The van der Waals surface area contributed by atoms with E-state index in [0.29, 0.717) is 43.0 Å². The normalized spacial score (nSPS) is 13.9. The van der Waals surface area contributed by atoms with Crippen LogP contribution in [0.4, 0.5) is 34.1 Å². The van der Waals surface area contributed by atoms with Crippen LogP contribution in [-0.2, 0) is 13.1 Å². The number of rotatable bonds is 7. The number of carbonyl (C=O) groups excluding carboxylic acids is 2. The second-order valence-corrected chi connectivity index (χ2v) is 8.71. The summed E-state index contributed by atoms with van der Waals surface area (Å²) < 4.78 is 41.2. The van der Waals surface area contributed by atoms with Crippen LogP contribution in [0.25, 0.3) is 0 Å². The van der Waals surface area contributed by atoms with E-state index in [2.05, 4.69) is 15.4 Å². The Hall–Kier alpha value is -4.21. The van der Waals surface area contributed by atoms with Gasteiger partial charge in [-0.25, -0.2) is 9.59 Å². The topological polar surface area (TPSA) is 73.9 Å². The second kappa shape index (κ2) is 11.2. The van der Waals surface area contributed by atoms with Crippen molar-refractivity contribution >= 4 is 23.4 Å². The van der Waals surface area contributed by atoms with Gasteiger partial charge in [0.05, 0.1) is 11.4 Å². The quantitative estimate of drug-likeness (QED) is 0.405. The van der Waals surface area contributed by atoms with Crippen molar-refractivity contribution < 1.29 is 27.5 Å². The summed E-state index contributed by atoms with van der Waals surface area (Å²) in [6, 6.07) is 19.8. The highest BCUT2D eigenvalue weighted by molar-refractivity contribution is 6.00. The maximum Gasteiger partial charge on any atom is 0.573 e. The van der Waals surface area contributed by atoms with E-state index in [1.54, 1.807) is 15.9 Å². The Morgan fingerprint density at radius 1 is 0.973 bits per heavy atom. The molecule has 1 aliphatic rings. The number of halogens is 3. The summed E-state index contributed by atoms with van der Waals surface area (Å²) >= 11 is 0. The van der Waals surface area contributed by atoms with Gasteiger partial charge in [-0.2, -0.15) is 0 Å². The Kier molecular flexibility index (Phi) is 7.86. The molecule has 7 nitrogen and oxygen atoms in total. The predicted molar refractivity (Wildman–Crippen MR) is 134 cm³/mol. The minimum atomic E-state index is -4.76. The molecule has 4 amide bonds. The molecule has 0 atom stereocenters. The number of hydrogen-bond acceptors (Lipinski definition) is 3. The summed E-state index contributed by atoms with van der Waals surface area (Å²) in [4.78, 5) is 29.2. The van der Waals surface area contributed by atoms with Gasteiger partial charge in [-0.15, -0.1) is 13.2 Å². The highest BCUT2D eigenvalue weighted by atomic mass is 19.4. The van der Waals surface area contributed by atoms with Gasteiger partial charge in [0.1, 0.15) is 5.75 Å². The lowest BCUT2D eigenvalue weighted by Crippen LogP contribution is -2.49. The van der Waals surface area contributed by atoms with Crippen molar-refractivity contribution in [3.05, 3.63) is 89.5 Å². The number of anilines is 2. The number of alkyl halides is 3. The van der Waals surface area contributed by atoms with Crippen molar-refractivity contribution in [1.82, 2.24) is 10.2 Å². The molecule has 10 heteroatoms. The van der Waals surface area contributed by atoms with Crippen molar-refractivity contribution in [3.63, 3.8) is 0 Å². The van der Waals surface area contributed by atoms with Crippen LogP contribution in [0.1, 0.15) is 23.1 Å². The molecule has 0 unspecified atom stereocenters. The van der Waals surface area contributed by atoms with Crippen LogP contribution in [0.3, 0.4) is 0 Å². The van der Waals surface area contributed by atoms with E-state index in [-0.39, 0.29) is 18.3 Å². The lowest BCUT2D eigenvalue weighted by molar-refractivity contribution is -0.274. The van der Waals surface area contributed by atoms with Crippen molar-refractivity contribution in [2.75, 3.05) is 23.3 Å². The van der Waals surface area contributed by atoms with Crippen LogP contribution in [0.2, 0.25) is 0 Å². The van der Waals surface area contributed by atoms with Gasteiger partial charge in [-0.1, -0.05) is 48.5 Å². The number of aryl methyl sites for hydroxylation is 1. The van der Waals surface area contributed by atoms with E-state index in [0.717, 1.165) is 11.1 Å². The van der Waals surface area contributed by atoms with E-state index >= 15 is 0 Å². The fourth-order valence-electron chi connectivity index (χ4n) is 4.10. The Morgan fingerprint density at radius 2 is 1.70 bits per heavy atom. The number of benzene rings is 3. The van der Waals surface area contributed by atoms with Crippen LogP contribution in [0.5, 0.6) is 5.75 Å². The summed E-state index contributed by atoms with van der Waals surface area (Å²) in [7, 11) is 0. The van der Waals surface area contributed by atoms with E-state index in [1.807, 2.05) is 49.4 Å². The first-order valence-electron chi connectivity index (χ1n) is 11.8. The molecule has 1 saturated heterocycles. The average molecular weight is 513 g/mol. The zero-order chi connectivity index (χ0) is 26.4. The van der Waals surface area contributed by atoms with Gasteiger partial charge < -0.3 is 20.3 Å². The first-order valence-corrected chi connectivity index (χ1v) is 11.8. The van der Waals surface area contributed by atoms with Gasteiger partial charge in [-0.05, 0) is 54.3 Å². The Bertz CT molecular complexity index is 1230. The molecule has 4 rings (SSSR count). The highest BCUT2D eigenvalue weighted by Crippen LogP contribution is 2.31. The van der Waals surface area contributed by atoms with Crippen LogP contribution < -0.4 is 20.3 Å². The molecule has 0 bridgehead atoms. The molecule has 2 N–H and O–H groups in total. The zero-order valence-corrected chi connectivity index (χ0v) is 20.2. The smallest absolute Gasteiger partial charge is 0.406 e. The van der Waals surface area contributed by atoms with Crippen molar-refractivity contribution in [3.8, 4) is 5.75 Å². The standard InChI is InChI=1S/C27H27F3N4O3/c1-19-8-13-24(23(16-19)32-25(35)31-17-20-6-3-2-4-7-20)34-15-5-14-33(26(34)36)18-21-9-11-22(12-10-21)37-27(28,29)30/h2-4,6-13,16H,5,14-15,17-18H2,1H3,(H2,31,32,35). The molecule has 194 valence electrons. The van der Waals surface area contributed by atoms with E-state index < -0.39 is 12.4 Å². The molecule has 37 heavy (non-hydrogen) atoms. The lowest BCUT2D eigenvalue weighted by Gasteiger charge is -2.36. The van der Waals surface area contributed by atoms with Gasteiger partial charge in [0.25, 0.3) is 0 Å². The number of carbonyl (C=O) groups is 2. The largest absolute Gasteiger partial charge is 0.573 e. The van der Waals surface area contributed by atoms with Crippen LogP contribution in [0, 0.1) is 6.92 Å². The number of amides is 4. The molecule has 1 heterocycles. The second-order valence-electron chi connectivity index (χ2n) is 8.71. The SMILES string of the molecule is Cc1ccc(N2CCCN(Cc3ccc(OC(F)(F)F)cc3)C2=O)c(NC(=O)NCc2ccccc2)c1. The lowest BCUT2D eigenvalue weighted by atomic mass is 10.1. The minimum Gasteiger partial charge on any atom is -0.406 e. The minimum absolute atomic E-state index is 0.230. The van der Waals surface area contributed by atoms with Crippen molar-refractivity contribution in [2.45, 2.75) is 32.8 Å². The third kappa shape index (κ3) is 7.16. The highest BCUT2D eigenvalue weighted by Gasteiger charge is 2.31. The third-order valence-corrected chi connectivity index (χ3v) is 5.83. The molecule has 0 aromatic heterocycles. The van der Waals surface area contributed by atoms with Gasteiger partial charge in [0, 0.05) is 26.2 Å². The molecule has 0 saturated carbocycles. The fourth-order valence-corrected chi connectivity index (χ4v) is 4.10. The average Bonchev–Trinajstić information content (AvgIpc) is 2.85. The first kappa shape index (κ1) is 25.9. The molecule has 3 aromatic rings. The van der Waals surface area contributed by atoms with Crippen LogP contribution >= 0.6 is 0 Å². The van der Waals surface area contributed by atoms with E-state index in [1.165, 1.54) is 24.3 Å². The van der Waals surface area contributed by atoms with Crippen molar-refractivity contribution in [2.24, 2.45) is 0 Å². The number of hydrogen-bond donors (Lipinski definition) is 2. The molecule has 0 spiro atoms. The molecule has 0 radical (unpaired) electrons. The summed E-state index contributed by atoms with van der Waals surface area (Å²) in [5.41, 5.74) is 3.64. The Labute approximate surface area is 212 Å². The van der Waals surface area contributed by atoms with Crippen LogP contribution in [0.15, 0.2) is 72.8 Å². The summed E-state index contributed by atoms with van der Waals surface area (Å²) in [6.07, 6.45) is -4.07. The fraction of sp³-hybridized carbons (Fsp3) is 0.259. The summed E-state index contributed by atoms with van der Waals surface area (Å²) in [5.74, 6) is -0.316. The Balaban J connectivity index is 1.44.